The van der Waals surface area contributed by atoms with Crippen molar-refractivity contribution < 1.29 is 4.79 Å². The largest absolute Gasteiger partial charge is 0.387 e. The summed E-state index contributed by atoms with van der Waals surface area (Å²) in [5.41, 5.74) is 1.92. The molecule has 0 aliphatic heterocycles. The second kappa shape index (κ2) is 6.16. The monoisotopic (exact) mass is 383 g/mol. The first-order valence-corrected chi connectivity index (χ1v) is 7.09. The third kappa shape index (κ3) is 3.54. The highest BCUT2D eigenvalue weighted by molar-refractivity contribution is 9.11. The van der Waals surface area contributed by atoms with Gasteiger partial charge in [0.2, 0.25) is 0 Å². The van der Waals surface area contributed by atoms with Gasteiger partial charge in [0.25, 0.3) is 5.91 Å². The molecular formula is C13H11Br2N3O. The second-order valence-corrected chi connectivity index (χ2v) is 5.53. The number of hydrogen-bond acceptors (Lipinski definition) is 3. The summed E-state index contributed by atoms with van der Waals surface area (Å²) in [5, 5.41) is 5.76. The number of anilines is 2. The molecule has 1 aromatic heterocycles. The fourth-order valence-corrected chi connectivity index (χ4v) is 2.16. The smallest absolute Gasteiger partial charge is 0.274 e. The number of rotatable bonds is 3. The fourth-order valence-electron chi connectivity index (χ4n) is 1.46. The number of nitrogens with one attached hydrogen (secondary N) is 2. The van der Waals surface area contributed by atoms with E-state index >= 15 is 0 Å². The van der Waals surface area contributed by atoms with Gasteiger partial charge in [-0.1, -0.05) is 15.9 Å². The van der Waals surface area contributed by atoms with Gasteiger partial charge < -0.3 is 10.6 Å². The number of aromatic nitrogens is 1. The predicted molar refractivity (Wildman–Crippen MR) is 83.6 cm³/mol. The summed E-state index contributed by atoms with van der Waals surface area (Å²) >= 11 is 6.75. The Hall–Kier alpha value is -1.40. The topological polar surface area (TPSA) is 54.0 Å². The number of halogens is 2. The van der Waals surface area contributed by atoms with Crippen LogP contribution in [0.5, 0.6) is 0 Å². The van der Waals surface area contributed by atoms with Crippen LogP contribution in [-0.2, 0) is 0 Å². The Bertz CT molecular complexity index is 599. The van der Waals surface area contributed by atoms with E-state index in [0.29, 0.717) is 11.4 Å². The Morgan fingerprint density at radius 1 is 1.21 bits per heavy atom. The van der Waals surface area contributed by atoms with Crippen molar-refractivity contribution in [2.45, 2.75) is 0 Å². The number of benzene rings is 1. The molecule has 0 spiro atoms. The minimum absolute atomic E-state index is 0.249. The van der Waals surface area contributed by atoms with E-state index in [0.717, 1.165) is 14.6 Å². The van der Waals surface area contributed by atoms with E-state index in [1.165, 1.54) is 0 Å². The van der Waals surface area contributed by atoms with Crippen molar-refractivity contribution in [1.29, 1.82) is 0 Å². The third-order valence-electron chi connectivity index (χ3n) is 2.46. The molecule has 0 aliphatic carbocycles. The van der Waals surface area contributed by atoms with Gasteiger partial charge >= 0.3 is 0 Å². The highest BCUT2D eigenvalue weighted by atomic mass is 79.9. The summed E-state index contributed by atoms with van der Waals surface area (Å²) in [5.74, 6) is -0.249. The van der Waals surface area contributed by atoms with E-state index < -0.39 is 0 Å². The summed E-state index contributed by atoms with van der Waals surface area (Å²) in [4.78, 5) is 16.1. The van der Waals surface area contributed by atoms with Gasteiger partial charge in [-0.2, -0.15) is 0 Å². The van der Waals surface area contributed by atoms with E-state index in [1.807, 2.05) is 18.2 Å². The van der Waals surface area contributed by atoms with Gasteiger partial charge in [-0.25, -0.2) is 4.98 Å². The van der Waals surface area contributed by atoms with E-state index in [1.54, 1.807) is 25.4 Å². The van der Waals surface area contributed by atoms with E-state index in [2.05, 4.69) is 47.5 Å². The van der Waals surface area contributed by atoms with Gasteiger partial charge in [-0.3, -0.25) is 4.79 Å². The minimum Gasteiger partial charge on any atom is -0.387 e. The average Bonchev–Trinajstić information content (AvgIpc) is 2.43. The molecule has 0 fully saturated rings. The quantitative estimate of drug-likeness (QED) is 0.843. The van der Waals surface area contributed by atoms with Crippen LogP contribution in [0.1, 0.15) is 10.5 Å². The molecule has 2 aromatic rings. The maximum absolute atomic E-state index is 12.0. The zero-order chi connectivity index (χ0) is 13.8. The average molecular weight is 385 g/mol. The third-order valence-corrected chi connectivity index (χ3v) is 3.65. The van der Waals surface area contributed by atoms with Gasteiger partial charge in [0, 0.05) is 16.0 Å². The lowest BCUT2D eigenvalue weighted by Gasteiger charge is -2.08. The van der Waals surface area contributed by atoms with Crippen LogP contribution in [-0.4, -0.2) is 17.9 Å². The van der Waals surface area contributed by atoms with Gasteiger partial charge in [-0.15, -0.1) is 0 Å². The molecule has 1 amide bonds. The van der Waals surface area contributed by atoms with Crippen molar-refractivity contribution in [2.24, 2.45) is 0 Å². The molecule has 2 N–H and O–H groups in total. The summed E-state index contributed by atoms with van der Waals surface area (Å²) in [6.07, 6.45) is 1.62. The van der Waals surface area contributed by atoms with Crippen molar-refractivity contribution in [3.8, 4) is 0 Å². The lowest BCUT2D eigenvalue weighted by molar-refractivity contribution is 0.102. The van der Waals surface area contributed by atoms with Crippen LogP contribution in [0.2, 0.25) is 0 Å². The molecule has 0 radical (unpaired) electrons. The Labute approximate surface area is 127 Å². The first-order valence-electron chi connectivity index (χ1n) is 5.50. The standard InChI is InChI=1S/C13H11Br2N3O/c1-16-9-3-5-11(17-7-9)13(19)18-12-6-8(14)2-4-10(12)15/h2-7,16H,1H3,(H,18,19). The van der Waals surface area contributed by atoms with Gasteiger partial charge in [0.1, 0.15) is 5.69 Å². The van der Waals surface area contributed by atoms with Crippen molar-refractivity contribution in [3.63, 3.8) is 0 Å². The van der Waals surface area contributed by atoms with Gasteiger partial charge in [0.05, 0.1) is 17.6 Å². The van der Waals surface area contributed by atoms with Crippen LogP contribution in [0.25, 0.3) is 0 Å². The summed E-state index contributed by atoms with van der Waals surface area (Å²) < 4.78 is 1.71. The van der Waals surface area contributed by atoms with E-state index in [-0.39, 0.29) is 5.91 Å². The highest BCUT2D eigenvalue weighted by Gasteiger charge is 2.09. The molecule has 6 heteroatoms. The molecule has 0 bridgehead atoms. The first kappa shape index (κ1) is 14.0. The molecule has 0 saturated heterocycles. The Kier molecular flexibility index (Phi) is 4.55. The zero-order valence-corrected chi connectivity index (χ0v) is 13.2. The number of nitrogens with zero attached hydrogens (tertiary/aromatic N) is 1. The lowest BCUT2D eigenvalue weighted by Crippen LogP contribution is -2.14. The highest BCUT2D eigenvalue weighted by Crippen LogP contribution is 2.26. The van der Waals surface area contributed by atoms with Crippen LogP contribution in [0, 0.1) is 0 Å². The minimum atomic E-state index is -0.249. The number of hydrogen-bond donors (Lipinski definition) is 2. The maximum atomic E-state index is 12.0. The Morgan fingerprint density at radius 3 is 2.63 bits per heavy atom. The van der Waals surface area contributed by atoms with Gasteiger partial charge in [-0.05, 0) is 46.3 Å². The maximum Gasteiger partial charge on any atom is 0.274 e. The normalized spacial score (nSPS) is 10.1. The number of pyridine rings is 1. The molecule has 0 atom stereocenters. The van der Waals surface area contributed by atoms with Crippen LogP contribution in [0.15, 0.2) is 45.5 Å². The van der Waals surface area contributed by atoms with E-state index in [4.69, 9.17) is 0 Å². The SMILES string of the molecule is CNc1ccc(C(=O)Nc2cc(Br)ccc2Br)nc1. The van der Waals surface area contributed by atoms with Crippen molar-refractivity contribution in [2.75, 3.05) is 17.7 Å². The van der Waals surface area contributed by atoms with E-state index in [9.17, 15) is 4.79 Å². The Balaban J connectivity index is 2.18. The van der Waals surface area contributed by atoms with Crippen LogP contribution in [0.4, 0.5) is 11.4 Å². The van der Waals surface area contributed by atoms with Crippen LogP contribution in [0.3, 0.4) is 0 Å². The zero-order valence-electron chi connectivity index (χ0n) is 10.1. The number of amides is 1. The van der Waals surface area contributed by atoms with Crippen molar-refractivity contribution in [1.82, 2.24) is 4.98 Å². The molecule has 19 heavy (non-hydrogen) atoms. The second-order valence-electron chi connectivity index (χ2n) is 3.76. The fraction of sp³-hybridized carbons (Fsp3) is 0.0769. The molecule has 0 unspecified atom stereocenters. The number of carbonyl (C=O) groups is 1. The van der Waals surface area contributed by atoms with Crippen molar-refractivity contribution >= 4 is 49.1 Å². The summed E-state index contributed by atoms with van der Waals surface area (Å²) in [7, 11) is 1.80. The van der Waals surface area contributed by atoms with Crippen LogP contribution >= 0.6 is 31.9 Å². The molecule has 0 saturated carbocycles. The molecule has 1 heterocycles. The molecular weight excluding hydrogens is 374 g/mol. The first-order chi connectivity index (χ1) is 9.10. The molecule has 2 rings (SSSR count). The Morgan fingerprint density at radius 2 is 2.00 bits per heavy atom. The van der Waals surface area contributed by atoms with Gasteiger partial charge in [0.15, 0.2) is 0 Å². The summed E-state index contributed by atoms with van der Waals surface area (Å²) in [6, 6.07) is 9.05. The summed E-state index contributed by atoms with van der Waals surface area (Å²) in [6.45, 7) is 0. The lowest BCUT2D eigenvalue weighted by atomic mass is 10.3. The molecule has 1 aromatic carbocycles. The molecule has 4 nitrogen and oxygen atoms in total. The predicted octanol–water partition coefficient (Wildman–Crippen LogP) is 3.90. The van der Waals surface area contributed by atoms with Crippen molar-refractivity contribution in [3.05, 3.63) is 51.2 Å². The molecule has 0 aliphatic rings. The van der Waals surface area contributed by atoms with Crippen LogP contribution < -0.4 is 10.6 Å². The molecule has 98 valence electrons. The number of carbonyl (C=O) groups excluding carboxylic acids is 1.